The van der Waals surface area contributed by atoms with Gasteiger partial charge in [-0.15, -0.1) is 0 Å². The molecule has 0 amide bonds. The quantitative estimate of drug-likeness (QED) is 0.858. The van der Waals surface area contributed by atoms with Crippen LogP contribution >= 0.6 is 0 Å². The molecule has 2 heterocycles. The lowest BCUT2D eigenvalue weighted by Gasteiger charge is -2.52. The summed E-state index contributed by atoms with van der Waals surface area (Å²) in [5, 5.41) is 3.86. The lowest BCUT2D eigenvalue weighted by Crippen LogP contribution is -2.67. The summed E-state index contributed by atoms with van der Waals surface area (Å²) in [7, 11) is 0. The topological polar surface area (TPSA) is 24.5 Å². The molecule has 0 radical (unpaired) electrons. The van der Waals surface area contributed by atoms with Crippen LogP contribution in [0.25, 0.3) is 0 Å². The highest BCUT2D eigenvalue weighted by Crippen LogP contribution is 2.32. The van der Waals surface area contributed by atoms with Gasteiger partial charge in [-0.2, -0.15) is 0 Å². The van der Waals surface area contributed by atoms with Crippen molar-refractivity contribution in [1.82, 2.24) is 10.2 Å². The maximum atomic E-state index is 5.89. The van der Waals surface area contributed by atoms with Gasteiger partial charge in [0.2, 0.25) is 0 Å². The van der Waals surface area contributed by atoms with Gasteiger partial charge in [0.05, 0.1) is 6.10 Å². The first-order valence-corrected chi connectivity index (χ1v) is 8.51. The largest absolute Gasteiger partial charge is 0.377 e. The van der Waals surface area contributed by atoms with Crippen LogP contribution in [0.5, 0.6) is 0 Å². The molecule has 118 valence electrons. The fourth-order valence-electron chi connectivity index (χ4n) is 3.82. The molecule has 2 atom stereocenters. The zero-order valence-corrected chi connectivity index (χ0v) is 14.2. The van der Waals surface area contributed by atoms with Crippen molar-refractivity contribution < 1.29 is 4.74 Å². The number of hydrogen-bond donors (Lipinski definition) is 1. The highest BCUT2D eigenvalue weighted by Gasteiger charge is 2.42. The van der Waals surface area contributed by atoms with Gasteiger partial charge >= 0.3 is 0 Å². The molecule has 0 bridgehead atoms. The fourth-order valence-corrected chi connectivity index (χ4v) is 3.82. The minimum absolute atomic E-state index is 0.306. The normalized spacial score (nSPS) is 31.6. The molecular weight excluding hydrogens is 248 g/mol. The molecule has 0 spiro atoms. The molecule has 0 aromatic heterocycles. The second-order valence-corrected chi connectivity index (χ2v) is 7.81. The first-order valence-electron chi connectivity index (χ1n) is 8.51. The van der Waals surface area contributed by atoms with E-state index in [9.17, 15) is 0 Å². The smallest absolute Gasteiger partial charge is 0.0702 e. The summed E-state index contributed by atoms with van der Waals surface area (Å²) >= 11 is 0. The van der Waals surface area contributed by atoms with E-state index >= 15 is 0 Å². The van der Waals surface area contributed by atoms with Crippen molar-refractivity contribution in [2.75, 3.05) is 26.2 Å². The maximum absolute atomic E-state index is 5.89. The van der Waals surface area contributed by atoms with Crippen LogP contribution in [-0.4, -0.2) is 48.8 Å². The number of nitrogens with zero attached hydrogens (tertiary/aromatic N) is 1. The highest BCUT2D eigenvalue weighted by molar-refractivity contribution is 5.00. The minimum Gasteiger partial charge on any atom is -0.377 e. The molecule has 0 saturated carbocycles. The van der Waals surface area contributed by atoms with Gasteiger partial charge in [0.1, 0.15) is 0 Å². The Hall–Kier alpha value is -0.120. The van der Waals surface area contributed by atoms with E-state index in [2.05, 4.69) is 44.8 Å². The second kappa shape index (κ2) is 6.33. The highest BCUT2D eigenvalue weighted by atomic mass is 16.5. The maximum Gasteiger partial charge on any atom is 0.0702 e. The average Bonchev–Trinajstić information content (AvgIpc) is 2.90. The Bertz CT molecular complexity index is 301. The summed E-state index contributed by atoms with van der Waals surface area (Å²) in [5.41, 5.74) is 0.625. The van der Waals surface area contributed by atoms with E-state index in [-0.39, 0.29) is 0 Å². The molecule has 20 heavy (non-hydrogen) atoms. The van der Waals surface area contributed by atoms with E-state index in [0.29, 0.717) is 23.1 Å². The van der Waals surface area contributed by atoms with Crippen LogP contribution in [-0.2, 0) is 4.74 Å². The zero-order chi connectivity index (χ0) is 14.8. The molecule has 3 heteroatoms. The SMILES string of the molecule is CCC1(CC)CN(CC2CCCO2)C(C(C)(C)C)CN1. The second-order valence-electron chi connectivity index (χ2n) is 7.81. The van der Waals surface area contributed by atoms with Crippen LogP contribution in [0.15, 0.2) is 0 Å². The van der Waals surface area contributed by atoms with Crippen LogP contribution < -0.4 is 5.32 Å². The number of rotatable bonds is 4. The predicted molar refractivity (Wildman–Crippen MR) is 85.1 cm³/mol. The first-order chi connectivity index (χ1) is 9.40. The number of piperazine rings is 1. The van der Waals surface area contributed by atoms with Crippen molar-refractivity contribution in [2.24, 2.45) is 5.41 Å². The van der Waals surface area contributed by atoms with Crippen LogP contribution in [0, 0.1) is 5.41 Å². The molecule has 0 aromatic carbocycles. The summed E-state index contributed by atoms with van der Waals surface area (Å²) in [6.07, 6.45) is 5.37. The Kier molecular flexibility index (Phi) is 5.14. The summed E-state index contributed by atoms with van der Waals surface area (Å²) in [6.45, 7) is 16.1. The van der Waals surface area contributed by atoms with E-state index in [0.717, 1.165) is 19.7 Å². The number of hydrogen-bond acceptors (Lipinski definition) is 3. The number of ether oxygens (including phenoxy) is 1. The molecule has 0 aromatic rings. The summed E-state index contributed by atoms with van der Waals surface area (Å²) in [5.74, 6) is 0. The summed E-state index contributed by atoms with van der Waals surface area (Å²) in [4.78, 5) is 2.72. The fraction of sp³-hybridized carbons (Fsp3) is 1.00. The molecule has 2 unspecified atom stereocenters. The molecule has 2 rings (SSSR count). The molecular formula is C17H34N2O. The van der Waals surface area contributed by atoms with Crippen molar-refractivity contribution in [3.8, 4) is 0 Å². The third kappa shape index (κ3) is 3.55. The van der Waals surface area contributed by atoms with Gasteiger partial charge in [0.25, 0.3) is 0 Å². The van der Waals surface area contributed by atoms with Gasteiger partial charge in [-0.1, -0.05) is 34.6 Å². The van der Waals surface area contributed by atoms with Crippen molar-refractivity contribution in [3.63, 3.8) is 0 Å². The first kappa shape index (κ1) is 16.3. The van der Waals surface area contributed by atoms with Crippen molar-refractivity contribution in [1.29, 1.82) is 0 Å². The van der Waals surface area contributed by atoms with Crippen LogP contribution in [0.1, 0.15) is 60.3 Å². The Morgan fingerprint density at radius 2 is 1.95 bits per heavy atom. The molecule has 2 aliphatic rings. The molecule has 0 aliphatic carbocycles. The molecule has 2 fully saturated rings. The van der Waals surface area contributed by atoms with E-state index in [1.807, 2.05) is 0 Å². The van der Waals surface area contributed by atoms with Crippen LogP contribution in [0.3, 0.4) is 0 Å². The Balaban J connectivity index is 2.09. The van der Waals surface area contributed by atoms with E-state index < -0.39 is 0 Å². The predicted octanol–water partition coefficient (Wildman–Crippen LogP) is 3.04. The van der Waals surface area contributed by atoms with Gasteiger partial charge in [0, 0.05) is 37.8 Å². The van der Waals surface area contributed by atoms with Crippen molar-refractivity contribution in [2.45, 2.75) is 78.0 Å². The Morgan fingerprint density at radius 3 is 2.45 bits per heavy atom. The lowest BCUT2D eigenvalue weighted by molar-refractivity contribution is -0.0165. The molecule has 2 saturated heterocycles. The van der Waals surface area contributed by atoms with Gasteiger partial charge in [0.15, 0.2) is 0 Å². The standard InChI is InChI=1S/C17H34N2O/c1-6-17(7-2)13-19(12-14-9-8-10-20-14)15(11-18-17)16(3,4)5/h14-15,18H,6-13H2,1-5H3. The van der Waals surface area contributed by atoms with Gasteiger partial charge < -0.3 is 10.1 Å². The van der Waals surface area contributed by atoms with Crippen molar-refractivity contribution in [3.05, 3.63) is 0 Å². The van der Waals surface area contributed by atoms with Gasteiger partial charge in [-0.25, -0.2) is 0 Å². The third-order valence-corrected chi connectivity index (χ3v) is 5.43. The lowest BCUT2D eigenvalue weighted by atomic mass is 9.80. The van der Waals surface area contributed by atoms with E-state index in [1.165, 1.54) is 32.2 Å². The molecule has 2 aliphatic heterocycles. The van der Waals surface area contributed by atoms with Gasteiger partial charge in [-0.05, 0) is 31.1 Å². The molecule has 1 N–H and O–H groups in total. The Labute approximate surface area is 125 Å². The average molecular weight is 282 g/mol. The van der Waals surface area contributed by atoms with Crippen LogP contribution in [0.4, 0.5) is 0 Å². The van der Waals surface area contributed by atoms with Crippen molar-refractivity contribution >= 4 is 0 Å². The number of nitrogens with one attached hydrogen (secondary N) is 1. The van der Waals surface area contributed by atoms with E-state index in [4.69, 9.17) is 4.74 Å². The van der Waals surface area contributed by atoms with Gasteiger partial charge in [-0.3, -0.25) is 4.90 Å². The van der Waals surface area contributed by atoms with Crippen LogP contribution in [0.2, 0.25) is 0 Å². The monoisotopic (exact) mass is 282 g/mol. The molecule has 3 nitrogen and oxygen atoms in total. The summed E-state index contributed by atoms with van der Waals surface area (Å²) in [6, 6.07) is 0.609. The minimum atomic E-state index is 0.306. The summed E-state index contributed by atoms with van der Waals surface area (Å²) < 4.78 is 5.89. The third-order valence-electron chi connectivity index (χ3n) is 5.43. The zero-order valence-electron chi connectivity index (χ0n) is 14.2. The van der Waals surface area contributed by atoms with E-state index in [1.54, 1.807) is 0 Å². The Morgan fingerprint density at radius 1 is 1.25 bits per heavy atom.